The Kier molecular flexibility index (Phi) is 5.51. The lowest BCUT2D eigenvalue weighted by Gasteiger charge is -2.08. The second-order valence-corrected chi connectivity index (χ2v) is 6.11. The van der Waals surface area contributed by atoms with Crippen molar-refractivity contribution >= 4 is 17.6 Å². The van der Waals surface area contributed by atoms with Crippen LogP contribution in [0, 0.1) is 25.2 Å². The molecule has 0 unspecified atom stereocenters. The number of benzene rings is 2. The SMILES string of the molecule is Cc1nn(-c2ccccc2)c(C)c1C(=O)OCC(=O)Nc1cccc(C#N)c1. The summed E-state index contributed by atoms with van der Waals surface area (Å²) in [5.41, 5.74) is 3.21. The second-order valence-electron chi connectivity index (χ2n) is 6.11. The lowest BCUT2D eigenvalue weighted by Crippen LogP contribution is -2.21. The standard InChI is InChI=1S/C21H18N4O3/c1-14-20(15(2)25(24-14)18-9-4-3-5-10-18)21(27)28-13-19(26)23-17-8-6-7-16(11-17)12-22/h3-11H,13H2,1-2H3,(H,23,26). The van der Waals surface area contributed by atoms with Gasteiger partial charge in [0.2, 0.25) is 0 Å². The van der Waals surface area contributed by atoms with E-state index in [2.05, 4.69) is 10.4 Å². The van der Waals surface area contributed by atoms with E-state index >= 15 is 0 Å². The molecule has 7 nitrogen and oxygen atoms in total. The Hall–Kier alpha value is -3.92. The van der Waals surface area contributed by atoms with Crippen LogP contribution < -0.4 is 5.32 Å². The minimum Gasteiger partial charge on any atom is -0.452 e. The number of ether oxygens (including phenoxy) is 1. The van der Waals surface area contributed by atoms with Gasteiger partial charge in [-0.3, -0.25) is 4.79 Å². The van der Waals surface area contributed by atoms with E-state index in [1.807, 2.05) is 36.4 Å². The molecular formula is C21H18N4O3. The van der Waals surface area contributed by atoms with Crippen LogP contribution in [0.4, 0.5) is 5.69 Å². The number of nitrogens with one attached hydrogen (secondary N) is 1. The van der Waals surface area contributed by atoms with Crippen molar-refractivity contribution in [1.82, 2.24) is 9.78 Å². The van der Waals surface area contributed by atoms with Crippen molar-refractivity contribution in [3.63, 3.8) is 0 Å². The fourth-order valence-electron chi connectivity index (χ4n) is 2.83. The fourth-order valence-corrected chi connectivity index (χ4v) is 2.83. The van der Waals surface area contributed by atoms with E-state index in [0.29, 0.717) is 28.2 Å². The summed E-state index contributed by atoms with van der Waals surface area (Å²) in [7, 11) is 0. The highest BCUT2D eigenvalue weighted by molar-refractivity contribution is 5.96. The zero-order chi connectivity index (χ0) is 20.1. The van der Waals surface area contributed by atoms with Crippen molar-refractivity contribution in [3.8, 4) is 11.8 Å². The van der Waals surface area contributed by atoms with Crippen LogP contribution in [0.5, 0.6) is 0 Å². The molecule has 1 aromatic heterocycles. The van der Waals surface area contributed by atoms with Gasteiger partial charge in [0.15, 0.2) is 6.61 Å². The van der Waals surface area contributed by atoms with Gasteiger partial charge in [-0.25, -0.2) is 9.48 Å². The van der Waals surface area contributed by atoms with Crippen molar-refractivity contribution in [2.45, 2.75) is 13.8 Å². The van der Waals surface area contributed by atoms with Crippen LogP contribution in [0.1, 0.15) is 27.3 Å². The molecular weight excluding hydrogens is 356 g/mol. The third kappa shape index (κ3) is 4.07. The Morgan fingerprint density at radius 3 is 2.61 bits per heavy atom. The highest BCUT2D eigenvalue weighted by Gasteiger charge is 2.21. The lowest BCUT2D eigenvalue weighted by atomic mass is 10.2. The maximum absolute atomic E-state index is 12.5. The normalized spacial score (nSPS) is 10.2. The Bertz CT molecular complexity index is 1060. The van der Waals surface area contributed by atoms with E-state index in [4.69, 9.17) is 10.00 Å². The van der Waals surface area contributed by atoms with Crippen LogP contribution in [-0.4, -0.2) is 28.3 Å². The molecule has 1 amide bonds. The van der Waals surface area contributed by atoms with Gasteiger partial charge in [0, 0.05) is 5.69 Å². The maximum atomic E-state index is 12.5. The number of nitriles is 1. The molecule has 0 bridgehead atoms. The Balaban J connectivity index is 1.67. The van der Waals surface area contributed by atoms with Gasteiger partial charge < -0.3 is 10.1 Å². The summed E-state index contributed by atoms with van der Waals surface area (Å²) < 4.78 is 6.83. The van der Waals surface area contributed by atoms with E-state index in [-0.39, 0.29) is 0 Å². The van der Waals surface area contributed by atoms with Gasteiger partial charge in [-0.2, -0.15) is 10.4 Å². The van der Waals surface area contributed by atoms with Gasteiger partial charge in [-0.05, 0) is 44.2 Å². The molecule has 0 aliphatic heterocycles. The first-order chi connectivity index (χ1) is 13.5. The fraction of sp³-hybridized carbons (Fsp3) is 0.143. The number of amides is 1. The molecule has 3 rings (SSSR count). The smallest absolute Gasteiger partial charge is 0.342 e. The quantitative estimate of drug-likeness (QED) is 0.692. The molecule has 0 saturated carbocycles. The van der Waals surface area contributed by atoms with E-state index in [1.54, 1.807) is 36.7 Å². The molecule has 0 saturated heterocycles. The first-order valence-corrected chi connectivity index (χ1v) is 8.58. The number of aromatic nitrogens is 2. The molecule has 0 aliphatic rings. The highest BCUT2D eigenvalue weighted by Crippen LogP contribution is 2.19. The zero-order valence-electron chi connectivity index (χ0n) is 15.5. The number of carbonyl (C=O) groups excluding carboxylic acids is 2. The molecule has 28 heavy (non-hydrogen) atoms. The average molecular weight is 374 g/mol. The van der Waals surface area contributed by atoms with Gasteiger partial charge in [0.05, 0.1) is 28.7 Å². The predicted octanol–water partition coefficient (Wildman–Crippen LogP) is 3.16. The number of para-hydroxylation sites is 1. The van der Waals surface area contributed by atoms with Gasteiger partial charge in [-0.15, -0.1) is 0 Å². The average Bonchev–Trinajstić information content (AvgIpc) is 3.01. The van der Waals surface area contributed by atoms with Crippen LogP contribution in [0.15, 0.2) is 54.6 Å². The van der Waals surface area contributed by atoms with E-state index in [0.717, 1.165) is 5.69 Å². The Morgan fingerprint density at radius 2 is 1.89 bits per heavy atom. The second kappa shape index (κ2) is 8.18. The van der Waals surface area contributed by atoms with Gasteiger partial charge >= 0.3 is 5.97 Å². The monoisotopic (exact) mass is 374 g/mol. The van der Waals surface area contributed by atoms with E-state index in [9.17, 15) is 9.59 Å². The minimum absolute atomic E-state index is 0.336. The van der Waals surface area contributed by atoms with Crippen LogP contribution in [-0.2, 0) is 9.53 Å². The van der Waals surface area contributed by atoms with Crippen molar-refractivity contribution < 1.29 is 14.3 Å². The largest absolute Gasteiger partial charge is 0.452 e. The van der Waals surface area contributed by atoms with Crippen LogP contribution in [0.3, 0.4) is 0 Å². The van der Waals surface area contributed by atoms with E-state index < -0.39 is 18.5 Å². The number of rotatable bonds is 5. The molecule has 3 aromatic rings. The first-order valence-electron chi connectivity index (χ1n) is 8.58. The highest BCUT2D eigenvalue weighted by atomic mass is 16.5. The molecule has 7 heteroatoms. The van der Waals surface area contributed by atoms with Crippen molar-refractivity contribution in [2.75, 3.05) is 11.9 Å². The van der Waals surface area contributed by atoms with Crippen LogP contribution in [0.2, 0.25) is 0 Å². The summed E-state index contributed by atoms with van der Waals surface area (Å²) in [6.45, 7) is 3.05. The molecule has 0 spiro atoms. The number of carbonyl (C=O) groups is 2. The number of aryl methyl sites for hydroxylation is 1. The van der Waals surface area contributed by atoms with Gasteiger partial charge in [0.25, 0.3) is 5.91 Å². The number of anilines is 1. The van der Waals surface area contributed by atoms with Gasteiger partial charge in [-0.1, -0.05) is 24.3 Å². The summed E-state index contributed by atoms with van der Waals surface area (Å²) in [5.74, 6) is -1.10. The molecule has 0 atom stereocenters. The molecule has 0 aliphatic carbocycles. The number of esters is 1. The Morgan fingerprint density at radius 1 is 1.14 bits per heavy atom. The first kappa shape index (κ1) is 18.9. The number of nitrogens with zero attached hydrogens (tertiary/aromatic N) is 3. The summed E-state index contributed by atoms with van der Waals surface area (Å²) in [6, 6.07) is 17.9. The molecule has 0 fully saturated rings. The third-order valence-electron chi connectivity index (χ3n) is 4.11. The summed E-state index contributed by atoms with van der Waals surface area (Å²) >= 11 is 0. The summed E-state index contributed by atoms with van der Waals surface area (Å²) in [5, 5.41) is 15.9. The Labute approximate surface area is 162 Å². The molecule has 1 N–H and O–H groups in total. The maximum Gasteiger partial charge on any atom is 0.342 e. The van der Waals surface area contributed by atoms with Gasteiger partial charge in [0.1, 0.15) is 5.56 Å². The molecule has 2 aromatic carbocycles. The third-order valence-corrected chi connectivity index (χ3v) is 4.11. The number of hydrogen-bond donors (Lipinski definition) is 1. The van der Waals surface area contributed by atoms with Crippen LogP contribution >= 0.6 is 0 Å². The van der Waals surface area contributed by atoms with Crippen LogP contribution in [0.25, 0.3) is 5.69 Å². The summed E-state index contributed by atoms with van der Waals surface area (Å²) in [6.07, 6.45) is 0. The number of hydrogen-bond acceptors (Lipinski definition) is 5. The summed E-state index contributed by atoms with van der Waals surface area (Å²) in [4.78, 5) is 24.5. The molecule has 1 heterocycles. The van der Waals surface area contributed by atoms with Crippen molar-refractivity contribution in [2.24, 2.45) is 0 Å². The predicted molar refractivity (Wildman–Crippen MR) is 103 cm³/mol. The minimum atomic E-state index is -0.613. The molecule has 0 radical (unpaired) electrons. The van der Waals surface area contributed by atoms with Crippen molar-refractivity contribution in [1.29, 1.82) is 5.26 Å². The lowest BCUT2D eigenvalue weighted by molar-refractivity contribution is -0.119. The zero-order valence-corrected chi connectivity index (χ0v) is 15.5. The van der Waals surface area contributed by atoms with E-state index in [1.165, 1.54) is 6.07 Å². The topological polar surface area (TPSA) is 97.0 Å². The molecule has 140 valence electrons. The van der Waals surface area contributed by atoms with Crippen molar-refractivity contribution in [3.05, 3.63) is 77.1 Å².